The third-order valence-electron chi connectivity index (χ3n) is 4.55. The van der Waals surface area contributed by atoms with Crippen molar-refractivity contribution in [3.05, 3.63) is 70.7 Å². The Bertz CT molecular complexity index is 666. The second-order valence-corrected chi connectivity index (χ2v) is 6.58. The molecular formula is C20H23ClN2O. The van der Waals surface area contributed by atoms with Crippen molar-refractivity contribution in [2.45, 2.75) is 18.8 Å². The lowest BCUT2D eigenvalue weighted by atomic mass is 9.88. The van der Waals surface area contributed by atoms with E-state index in [2.05, 4.69) is 17.4 Å². The van der Waals surface area contributed by atoms with E-state index >= 15 is 0 Å². The summed E-state index contributed by atoms with van der Waals surface area (Å²) < 4.78 is 0. The number of benzene rings is 2. The number of hydrogen-bond donors (Lipinski definition) is 1. The topological polar surface area (TPSA) is 32.3 Å². The molecule has 0 spiro atoms. The molecule has 1 saturated heterocycles. The second kappa shape index (κ2) is 8.32. The van der Waals surface area contributed by atoms with Crippen LogP contribution in [0.1, 0.15) is 29.9 Å². The predicted octanol–water partition coefficient (Wildman–Crippen LogP) is 3.68. The average molecular weight is 343 g/mol. The predicted molar refractivity (Wildman–Crippen MR) is 98.4 cm³/mol. The van der Waals surface area contributed by atoms with Crippen LogP contribution in [0.5, 0.6) is 0 Å². The number of amides is 1. The molecule has 3 nitrogen and oxygen atoms in total. The molecule has 1 aliphatic heterocycles. The van der Waals surface area contributed by atoms with Gasteiger partial charge >= 0.3 is 0 Å². The van der Waals surface area contributed by atoms with Crippen molar-refractivity contribution in [3.63, 3.8) is 0 Å². The monoisotopic (exact) mass is 342 g/mol. The molecule has 24 heavy (non-hydrogen) atoms. The van der Waals surface area contributed by atoms with E-state index in [0.717, 1.165) is 48.7 Å². The smallest absolute Gasteiger partial charge is 0.223 e. The van der Waals surface area contributed by atoms with Crippen LogP contribution in [0.2, 0.25) is 5.02 Å². The first-order valence-corrected chi connectivity index (χ1v) is 8.91. The summed E-state index contributed by atoms with van der Waals surface area (Å²) in [5.41, 5.74) is 2.15. The lowest BCUT2D eigenvalue weighted by molar-refractivity contribution is -0.131. The Kier molecular flexibility index (Phi) is 5.89. The zero-order valence-corrected chi connectivity index (χ0v) is 14.5. The van der Waals surface area contributed by atoms with E-state index in [4.69, 9.17) is 11.6 Å². The Balaban J connectivity index is 1.85. The zero-order chi connectivity index (χ0) is 16.8. The van der Waals surface area contributed by atoms with E-state index < -0.39 is 0 Å². The molecular weight excluding hydrogens is 320 g/mol. The van der Waals surface area contributed by atoms with Gasteiger partial charge in [0.2, 0.25) is 5.91 Å². The number of hydrogen-bond acceptors (Lipinski definition) is 2. The summed E-state index contributed by atoms with van der Waals surface area (Å²) in [6.07, 6.45) is 1.46. The number of nitrogens with zero attached hydrogens (tertiary/aromatic N) is 1. The van der Waals surface area contributed by atoms with Crippen LogP contribution in [-0.4, -0.2) is 37.0 Å². The average Bonchev–Trinajstić information content (AvgIpc) is 2.90. The van der Waals surface area contributed by atoms with Gasteiger partial charge < -0.3 is 10.2 Å². The van der Waals surface area contributed by atoms with Crippen molar-refractivity contribution < 1.29 is 4.79 Å². The molecule has 4 heteroatoms. The maximum Gasteiger partial charge on any atom is 0.223 e. The third kappa shape index (κ3) is 4.16. The molecule has 2 aromatic carbocycles. The maximum atomic E-state index is 12.9. The molecule has 0 bridgehead atoms. The van der Waals surface area contributed by atoms with Gasteiger partial charge in [-0.25, -0.2) is 0 Å². The fourth-order valence-electron chi connectivity index (χ4n) is 3.25. The van der Waals surface area contributed by atoms with E-state index in [-0.39, 0.29) is 11.8 Å². The SMILES string of the molecule is O=C(C[C@@H](c1ccccc1)c1ccccc1Cl)N1CCCNCC1. The largest absolute Gasteiger partial charge is 0.341 e. The summed E-state index contributed by atoms with van der Waals surface area (Å²) in [5, 5.41) is 4.06. The van der Waals surface area contributed by atoms with E-state index in [0.29, 0.717) is 6.42 Å². The highest BCUT2D eigenvalue weighted by Gasteiger charge is 2.24. The van der Waals surface area contributed by atoms with Crippen molar-refractivity contribution in [2.24, 2.45) is 0 Å². The molecule has 0 saturated carbocycles. The van der Waals surface area contributed by atoms with Crippen LogP contribution in [0.3, 0.4) is 0 Å². The van der Waals surface area contributed by atoms with Gasteiger partial charge in [-0.2, -0.15) is 0 Å². The van der Waals surface area contributed by atoms with E-state index in [1.54, 1.807) is 0 Å². The fraction of sp³-hybridized carbons (Fsp3) is 0.350. The number of carbonyl (C=O) groups is 1. The quantitative estimate of drug-likeness (QED) is 0.919. The number of nitrogens with one attached hydrogen (secondary N) is 1. The van der Waals surface area contributed by atoms with Crippen molar-refractivity contribution in [3.8, 4) is 0 Å². The summed E-state index contributed by atoms with van der Waals surface area (Å²) in [5.74, 6) is 0.191. The Hall–Kier alpha value is -1.84. The molecule has 0 unspecified atom stereocenters. The summed E-state index contributed by atoms with van der Waals surface area (Å²) in [7, 11) is 0. The standard InChI is InChI=1S/C20H23ClN2O/c21-19-10-5-4-9-17(19)18(16-7-2-1-3-8-16)15-20(24)23-13-6-11-22-12-14-23/h1-5,7-10,18,22H,6,11-15H2/t18-/m0/s1. The van der Waals surface area contributed by atoms with Crippen LogP contribution in [0, 0.1) is 0 Å². The summed E-state index contributed by atoms with van der Waals surface area (Å²) in [6, 6.07) is 18.0. The van der Waals surface area contributed by atoms with Crippen molar-refractivity contribution in [1.29, 1.82) is 0 Å². The van der Waals surface area contributed by atoms with Gasteiger partial charge in [-0.1, -0.05) is 60.1 Å². The zero-order valence-electron chi connectivity index (χ0n) is 13.7. The van der Waals surface area contributed by atoms with Gasteiger partial charge in [-0.15, -0.1) is 0 Å². The Morgan fingerprint density at radius 1 is 1.04 bits per heavy atom. The molecule has 0 aromatic heterocycles. The minimum Gasteiger partial charge on any atom is -0.341 e. The van der Waals surface area contributed by atoms with Gasteiger partial charge in [0, 0.05) is 37.0 Å². The molecule has 1 fully saturated rings. The van der Waals surface area contributed by atoms with Crippen LogP contribution in [0.15, 0.2) is 54.6 Å². The van der Waals surface area contributed by atoms with Crippen LogP contribution in [0.4, 0.5) is 0 Å². The lowest BCUT2D eigenvalue weighted by Gasteiger charge is -2.24. The lowest BCUT2D eigenvalue weighted by Crippen LogP contribution is -2.35. The molecule has 0 radical (unpaired) electrons. The molecule has 126 valence electrons. The molecule has 0 aliphatic carbocycles. The molecule has 1 amide bonds. The first-order chi connectivity index (χ1) is 11.8. The Morgan fingerprint density at radius 2 is 1.79 bits per heavy atom. The Labute approximate surface area is 148 Å². The number of carbonyl (C=O) groups excluding carboxylic acids is 1. The molecule has 3 rings (SSSR count). The summed E-state index contributed by atoms with van der Waals surface area (Å²) >= 11 is 6.43. The van der Waals surface area contributed by atoms with Gasteiger partial charge in [0.1, 0.15) is 0 Å². The summed E-state index contributed by atoms with van der Waals surface area (Å²) in [4.78, 5) is 14.9. The minimum absolute atomic E-state index is 0.0105. The van der Waals surface area contributed by atoms with Gasteiger partial charge in [-0.3, -0.25) is 4.79 Å². The van der Waals surface area contributed by atoms with Crippen molar-refractivity contribution >= 4 is 17.5 Å². The molecule has 1 N–H and O–H groups in total. The van der Waals surface area contributed by atoms with Crippen LogP contribution in [-0.2, 0) is 4.79 Å². The van der Waals surface area contributed by atoms with Crippen LogP contribution >= 0.6 is 11.6 Å². The second-order valence-electron chi connectivity index (χ2n) is 6.17. The molecule has 1 aliphatic rings. The molecule has 1 heterocycles. The van der Waals surface area contributed by atoms with Crippen molar-refractivity contribution in [2.75, 3.05) is 26.2 Å². The fourth-order valence-corrected chi connectivity index (χ4v) is 3.52. The number of halogens is 1. The van der Waals surface area contributed by atoms with E-state index in [9.17, 15) is 4.79 Å². The van der Waals surface area contributed by atoms with Gasteiger partial charge in [0.05, 0.1) is 0 Å². The summed E-state index contributed by atoms with van der Waals surface area (Å²) in [6.45, 7) is 3.46. The normalized spacial score (nSPS) is 16.5. The highest BCUT2D eigenvalue weighted by molar-refractivity contribution is 6.31. The maximum absolute atomic E-state index is 12.9. The van der Waals surface area contributed by atoms with E-state index in [1.807, 2.05) is 47.4 Å². The Morgan fingerprint density at radius 3 is 2.58 bits per heavy atom. The van der Waals surface area contributed by atoms with Gasteiger partial charge in [-0.05, 0) is 30.2 Å². The molecule has 1 atom stereocenters. The van der Waals surface area contributed by atoms with Gasteiger partial charge in [0.25, 0.3) is 0 Å². The highest BCUT2D eigenvalue weighted by atomic mass is 35.5. The minimum atomic E-state index is -0.0105. The first-order valence-electron chi connectivity index (χ1n) is 8.53. The van der Waals surface area contributed by atoms with E-state index in [1.165, 1.54) is 0 Å². The first kappa shape index (κ1) is 17.0. The van der Waals surface area contributed by atoms with Gasteiger partial charge in [0.15, 0.2) is 0 Å². The van der Waals surface area contributed by atoms with Crippen LogP contribution in [0.25, 0.3) is 0 Å². The third-order valence-corrected chi connectivity index (χ3v) is 4.90. The molecule has 2 aromatic rings. The number of rotatable bonds is 4. The van der Waals surface area contributed by atoms with Crippen LogP contribution < -0.4 is 5.32 Å². The van der Waals surface area contributed by atoms with Crippen molar-refractivity contribution in [1.82, 2.24) is 10.2 Å². The highest BCUT2D eigenvalue weighted by Crippen LogP contribution is 2.33.